The molecular weight excluding hydrogens is 450 g/mol. The second-order valence-corrected chi connectivity index (χ2v) is 9.44. The number of hydrogen-bond donors (Lipinski definition) is 0. The molecule has 0 saturated carbocycles. The quantitative estimate of drug-likeness (QED) is 0.263. The zero-order valence-corrected chi connectivity index (χ0v) is 15.8. The van der Waals surface area contributed by atoms with Crippen LogP contribution in [0.1, 0.15) is 24.3 Å². The molecule has 5 rings (SSSR count). The number of rotatable bonds is 2. The molecule has 7 heteroatoms. The fourth-order valence-electron chi connectivity index (χ4n) is 2.92. The molecule has 0 saturated heterocycles. The van der Waals surface area contributed by atoms with Crippen LogP contribution in [0.15, 0.2) is 53.3 Å². The van der Waals surface area contributed by atoms with Crippen molar-refractivity contribution in [2.24, 2.45) is 0 Å². The summed E-state index contributed by atoms with van der Waals surface area (Å²) < 4.78 is 4.32. The van der Waals surface area contributed by atoms with Gasteiger partial charge in [0.1, 0.15) is 0 Å². The third-order valence-electron chi connectivity index (χ3n) is 4.13. The molecular formula is C18H9N3O2STe. The van der Waals surface area contributed by atoms with Gasteiger partial charge in [-0.1, -0.05) is 0 Å². The monoisotopic (exact) mass is 461 g/mol. The molecule has 4 heterocycles. The van der Waals surface area contributed by atoms with Crippen molar-refractivity contribution in [2.75, 3.05) is 0 Å². The Bertz CT molecular complexity index is 1170. The normalized spacial score (nSPS) is 13.7. The number of fused-ring (bicyclic) bond motifs is 2. The van der Waals surface area contributed by atoms with E-state index < -0.39 is 20.4 Å². The van der Waals surface area contributed by atoms with Crippen LogP contribution >= 0.6 is 11.3 Å². The van der Waals surface area contributed by atoms with Gasteiger partial charge in [-0.2, -0.15) is 0 Å². The predicted molar refractivity (Wildman–Crippen MR) is 96.8 cm³/mol. The van der Waals surface area contributed by atoms with Gasteiger partial charge in [0.05, 0.1) is 0 Å². The van der Waals surface area contributed by atoms with Crippen molar-refractivity contribution in [2.45, 2.75) is 0 Å². The summed E-state index contributed by atoms with van der Waals surface area (Å²) in [6, 6.07) is 6.04. The zero-order chi connectivity index (χ0) is 17.0. The average Bonchev–Trinajstić information content (AvgIpc) is 3.38. The molecule has 0 unspecified atom stereocenters. The summed E-state index contributed by atoms with van der Waals surface area (Å²) in [4.78, 5) is 33.2. The number of thiophene rings is 1. The van der Waals surface area contributed by atoms with E-state index in [0.29, 0.717) is 16.7 Å². The predicted octanol–water partition coefficient (Wildman–Crippen LogP) is 3.00. The Morgan fingerprint density at radius 1 is 1.08 bits per heavy atom. The van der Waals surface area contributed by atoms with Gasteiger partial charge in [0.25, 0.3) is 0 Å². The van der Waals surface area contributed by atoms with Crippen molar-refractivity contribution < 1.29 is 9.59 Å². The maximum absolute atomic E-state index is 12.4. The molecule has 0 fully saturated rings. The number of aromatic nitrogens is 3. The van der Waals surface area contributed by atoms with Crippen LogP contribution in [0, 0.1) is 0 Å². The van der Waals surface area contributed by atoms with Crippen molar-refractivity contribution in [1.82, 2.24) is 14.5 Å². The summed E-state index contributed by atoms with van der Waals surface area (Å²) in [6.45, 7) is 0. The van der Waals surface area contributed by atoms with Gasteiger partial charge in [-0.25, -0.2) is 0 Å². The van der Waals surface area contributed by atoms with Gasteiger partial charge in [0.2, 0.25) is 0 Å². The fourth-order valence-corrected chi connectivity index (χ4v) is 6.40. The molecule has 120 valence electrons. The minimum absolute atomic E-state index is 0.151. The van der Waals surface area contributed by atoms with Gasteiger partial charge in [0.15, 0.2) is 0 Å². The van der Waals surface area contributed by atoms with E-state index in [0.717, 1.165) is 14.6 Å². The third-order valence-corrected chi connectivity index (χ3v) is 7.81. The van der Waals surface area contributed by atoms with Crippen molar-refractivity contribution in [3.05, 3.63) is 68.0 Å². The third kappa shape index (κ3) is 2.28. The Kier molecular flexibility index (Phi) is 3.35. The van der Waals surface area contributed by atoms with E-state index in [2.05, 4.69) is 20.6 Å². The van der Waals surface area contributed by atoms with Gasteiger partial charge < -0.3 is 0 Å². The number of carbonyl (C=O) groups is 2. The van der Waals surface area contributed by atoms with Crippen molar-refractivity contribution in [1.29, 1.82) is 0 Å². The van der Waals surface area contributed by atoms with Crippen LogP contribution in [-0.2, 0) is 0 Å². The van der Waals surface area contributed by atoms with Crippen LogP contribution in [0.5, 0.6) is 0 Å². The molecule has 0 radical (unpaired) electrons. The topological polar surface area (TPSA) is 64.8 Å². The van der Waals surface area contributed by atoms with E-state index in [1.54, 1.807) is 29.4 Å². The SMILES string of the molecule is O=C1C(=Cc2ccc(-n3ccc4cncnc43)[te]2)C(=O)c2cscc21. The first-order chi connectivity index (χ1) is 12.2. The van der Waals surface area contributed by atoms with Crippen molar-refractivity contribution in [3.8, 4) is 3.70 Å². The first kappa shape index (κ1) is 15.0. The molecule has 0 spiro atoms. The van der Waals surface area contributed by atoms with Crippen molar-refractivity contribution >= 4 is 60.4 Å². The van der Waals surface area contributed by atoms with Crippen LogP contribution in [0.3, 0.4) is 0 Å². The molecule has 4 aromatic heterocycles. The average molecular weight is 459 g/mol. The molecule has 1 aliphatic carbocycles. The Morgan fingerprint density at radius 3 is 2.68 bits per heavy atom. The summed E-state index contributed by atoms with van der Waals surface area (Å²) in [6.07, 6.45) is 7.10. The molecule has 0 aromatic carbocycles. The van der Waals surface area contributed by atoms with Crippen LogP contribution in [0.25, 0.3) is 20.8 Å². The Morgan fingerprint density at radius 2 is 1.88 bits per heavy atom. The van der Waals surface area contributed by atoms with Gasteiger partial charge in [-0.3, -0.25) is 0 Å². The Hall–Kier alpha value is -2.33. The second-order valence-electron chi connectivity index (χ2n) is 5.58. The van der Waals surface area contributed by atoms with Crippen molar-refractivity contribution in [3.63, 3.8) is 0 Å². The standard InChI is InChI=1S/C18H9N3O2STe/c22-16-12(17(23)14-8-24-7-13(14)16)5-11-1-2-15(25-11)21-4-3-10-6-19-9-20-18(10)21/h1-9H. The van der Waals surface area contributed by atoms with Crippen LogP contribution in [-0.4, -0.2) is 46.5 Å². The first-order valence-electron chi connectivity index (χ1n) is 7.47. The van der Waals surface area contributed by atoms with E-state index >= 15 is 0 Å². The maximum atomic E-state index is 12.4. The summed E-state index contributed by atoms with van der Waals surface area (Å²) in [7, 11) is 0. The molecule has 5 nitrogen and oxygen atoms in total. The van der Waals surface area contributed by atoms with Crippen LogP contribution in [0.4, 0.5) is 0 Å². The van der Waals surface area contributed by atoms with Crippen LogP contribution in [0.2, 0.25) is 0 Å². The zero-order valence-electron chi connectivity index (χ0n) is 12.7. The first-order valence-corrected chi connectivity index (χ1v) is 10.7. The molecule has 0 aliphatic heterocycles. The molecule has 0 bridgehead atoms. The van der Waals surface area contributed by atoms with Gasteiger partial charge in [0, 0.05) is 0 Å². The van der Waals surface area contributed by atoms with Crippen LogP contribution < -0.4 is 0 Å². The van der Waals surface area contributed by atoms with E-state index in [1.807, 2.05) is 18.3 Å². The van der Waals surface area contributed by atoms with E-state index in [1.165, 1.54) is 15.0 Å². The number of carbonyl (C=O) groups excluding carboxylic acids is 2. The molecule has 4 aromatic rings. The molecule has 0 amide bonds. The molecule has 0 atom stereocenters. The number of hydrogen-bond acceptors (Lipinski definition) is 5. The van der Waals surface area contributed by atoms with Gasteiger partial charge in [-0.15, -0.1) is 0 Å². The number of Topliss-reactive ketones (excluding diaryl/α,β-unsaturated/α-hetero) is 2. The Labute approximate surface area is 155 Å². The summed E-state index contributed by atoms with van der Waals surface area (Å²) in [5.74, 6) is -0.301. The number of ketones is 2. The van der Waals surface area contributed by atoms with Gasteiger partial charge >= 0.3 is 156 Å². The van der Waals surface area contributed by atoms with Gasteiger partial charge in [-0.05, 0) is 0 Å². The molecule has 1 aliphatic rings. The molecule has 25 heavy (non-hydrogen) atoms. The summed E-state index contributed by atoms with van der Waals surface area (Å²) >= 11 is 0.697. The number of allylic oxidation sites excluding steroid dienone is 1. The molecule has 0 N–H and O–H groups in total. The van der Waals surface area contributed by atoms with E-state index in [9.17, 15) is 9.59 Å². The second kappa shape index (κ2) is 5.60. The van der Waals surface area contributed by atoms with E-state index in [-0.39, 0.29) is 11.6 Å². The van der Waals surface area contributed by atoms with E-state index in [4.69, 9.17) is 0 Å². The Balaban J connectivity index is 1.55. The minimum atomic E-state index is -0.696. The fraction of sp³-hybridized carbons (Fsp3) is 0. The summed E-state index contributed by atoms with van der Waals surface area (Å²) in [5, 5.41) is 4.50. The summed E-state index contributed by atoms with van der Waals surface area (Å²) in [5.41, 5.74) is 2.26. The number of nitrogens with zero attached hydrogens (tertiary/aromatic N) is 3.